The second-order valence-electron chi connectivity index (χ2n) is 6.57. The third-order valence-corrected chi connectivity index (χ3v) is 5.42. The molecule has 1 heterocycles. The van der Waals surface area contributed by atoms with Gasteiger partial charge in [0.1, 0.15) is 0 Å². The number of hydrogen-bond acceptors (Lipinski definition) is 3. The van der Waals surface area contributed by atoms with E-state index in [0.29, 0.717) is 5.75 Å². The second kappa shape index (κ2) is 8.58. The van der Waals surface area contributed by atoms with Crippen LogP contribution < -0.4 is 0 Å². The zero-order chi connectivity index (χ0) is 17.7. The number of aryl methyl sites for hydroxylation is 3. The highest BCUT2D eigenvalue weighted by atomic mass is 32.2. The largest absolute Gasteiger partial charge is 0.337 e. The molecular weight excluding hydrogens is 320 g/mol. The summed E-state index contributed by atoms with van der Waals surface area (Å²) in [6.07, 6.45) is 5.35. The van der Waals surface area contributed by atoms with Gasteiger partial charge in [-0.15, -0.1) is 0 Å². The molecule has 0 spiro atoms. The van der Waals surface area contributed by atoms with Gasteiger partial charge in [-0.25, -0.2) is 0 Å². The Morgan fingerprint density at radius 3 is 2.33 bits per heavy atom. The van der Waals surface area contributed by atoms with E-state index in [1.165, 1.54) is 16.7 Å². The maximum atomic E-state index is 12.4. The molecule has 1 aromatic rings. The standard InChI is InChI=1S/C19H28N2O2S/c1-15-13-17(3)18(14-16(15)2)5-6-19(22)21-9-7-20(8-10-21)11-12-24(4)23/h5-6,13-14H,7-12H2,1-4H3/b6-5-/t24-/m1/s1. The summed E-state index contributed by atoms with van der Waals surface area (Å²) in [5, 5.41) is 0. The smallest absolute Gasteiger partial charge is 0.246 e. The van der Waals surface area contributed by atoms with Crippen LogP contribution in [0.25, 0.3) is 6.08 Å². The highest BCUT2D eigenvalue weighted by Gasteiger charge is 2.19. The maximum Gasteiger partial charge on any atom is 0.246 e. The Balaban J connectivity index is 1.90. The lowest BCUT2D eigenvalue weighted by molar-refractivity contribution is -0.127. The lowest BCUT2D eigenvalue weighted by Crippen LogP contribution is -2.49. The van der Waals surface area contributed by atoms with Gasteiger partial charge in [0.2, 0.25) is 5.91 Å². The zero-order valence-corrected chi connectivity index (χ0v) is 16.0. The van der Waals surface area contributed by atoms with Gasteiger partial charge in [-0.1, -0.05) is 12.1 Å². The van der Waals surface area contributed by atoms with Crippen LogP contribution in [0.5, 0.6) is 0 Å². The summed E-state index contributed by atoms with van der Waals surface area (Å²) in [5.41, 5.74) is 4.82. The lowest BCUT2D eigenvalue weighted by atomic mass is 10.0. The topological polar surface area (TPSA) is 40.6 Å². The SMILES string of the molecule is Cc1cc(C)c(/C=C\C(=O)N2CCN(CC[S@@](C)=O)CC2)cc1C. The molecule has 0 radical (unpaired) electrons. The van der Waals surface area contributed by atoms with Gasteiger partial charge < -0.3 is 4.90 Å². The van der Waals surface area contributed by atoms with Crippen molar-refractivity contribution in [3.05, 3.63) is 40.5 Å². The first-order valence-electron chi connectivity index (χ1n) is 8.44. The van der Waals surface area contributed by atoms with E-state index in [1.54, 1.807) is 12.3 Å². The van der Waals surface area contributed by atoms with Crippen molar-refractivity contribution in [1.29, 1.82) is 0 Å². The fourth-order valence-corrected chi connectivity index (χ4v) is 3.39. The van der Waals surface area contributed by atoms with Crippen molar-refractivity contribution in [2.45, 2.75) is 20.8 Å². The average Bonchev–Trinajstić information content (AvgIpc) is 2.55. The monoisotopic (exact) mass is 348 g/mol. The minimum absolute atomic E-state index is 0.0753. The molecule has 0 unspecified atom stereocenters. The van der Waals surface area contributed by atoms with Gasteiger partial charge in [0, 0.05) is 61.6 Å². The van der Waals surface area contributed by atoms with Crippen molar-refractivity contribution >= 4 is 22.8 Å². The number of carbonyl (C=O) groups excluding carboxylic acids is 1. The van der Waals surface area contributed by atoms with E-state index in [2.05, 4.69) is 37.8 Å². The minimum atomic E-state index is -0.748. The van der Waals surface area contributed by atoms with E-state index in [1.807, 2.05) is 11.0 Å². The molecule has 1 aromatic carbocycles. The third-order valence-electron chi connectivity index (χ3n) is 4.67. The molecule has 0 saturated carbocycles. The number of piperazine rings is 1. The molecule has 1 atom stereocenters. The predicted octanol–water partition coefficient (Wildman–Crippen LogP) is 2.15. The quantitative estimate of drug-likeness (QED) is 0.766. The molecule has 0 N–H and O–H groups in total. The predicted molar refractivity (Wildman–Crippen MR) is 102 cm³/mol. The van der Waals surface area contributed by atoms with Crippen molar-refractivity contribution in [3.63, 3.8) is 0 Å². The number of amides is 1. The molecule has 1 amide bonds. The second-order valence-corrected chi connectivity index (χ2v) is 8.13. The first kappa shape index (κ1) is 18.9. The van der Waals surface area contributed by atoms with Crippen LogP contribution in [0.2, 0.25) is 0 Å². The van der Waals surface area contributed by atoms with Crippen LogP contribution in [0.4, 0.5) is 0 Å². The van der Waals surface area contributed by atoms with E-state index in [0.717, 1.165) is 38.3 Å². The summed E-state index contributed by atoms with van der Waals surface area (Å²) in [5.74, 6) is 0.784. The van der Waals surface area contributed by atoms with Crippen LogP contribution in [0, 0.1) is 20.8 Å². The van der Waals surface area contributed by atoms with Gasteiger partial charge in [-0.05, 0) is 49.1 Å². The van der Waals surface area contributed by atoms with E-state index < -0.39 is 10.8 Å². The average molecular weight is 349 g/mol. The number of carbonyl (C=O) groups is 1. The molecule has 132 valence electrons. The summed E-state index contributed by atoms with van der Waals surface area (Å²) in [4.78, 5) is 16.6. The molecule has 0 bridgehead atoms. The van der Waals surface area contributed by atoms with Gasteiger partial charge in [0.05, 0.1) is 0 Å². The van der Waals surface area contributed by atoms with E-state index in [4.69, 9.17) is 0 Å². The zero-order valence-electron chi connectivity index (χ0n) is 15.2. The fourth-order valence-electron chi connectivity index (χ4n) is 2.88. The van der Waals surface area contributed by atoms with Crippen LogP contribution >= 0.6 is 0 Å². The Hall–Kier alpha value is -1.46. The van der Waals surface area contributed by atoms with E-state index >= 15 is 0 Å². The van der Waals surface area contributed by atoms with Gasteiger partial charge in [0.25, 0.3) is 0 Å². The van der Waals surface area contributed by atoms with Crippen molar-refractivity contribution in [2.75, 3.05) is 44.7 Å². The first-order valence-corrected chi connectivity index (χ1v) is 10.2. The highest BCUT2D eigenvalue weighted by molar-refractivity contribution is 7.84. The normalized spacial score (nSPS) is 17.4. The van der Waals surface area contributed by atoms with Crippen LogP contribution in [-0.4, -0.2) is 64.6 Å². The molecule has 24 heavy (non-hydrogen) atoms. The van der Waals surface area contributed by atoms with Crippen molar-refractivity contribution in [3.8, 4) is 0 Å². The van der Waals surface area contributed by atoms with Gasteiger partial charge in [-0.2, -0.15) is 0 Å². The van der Waals surface area contributed by atoms with Crippen molar-refractivity contribution in [1.82, 2.24) is 9.80 Å². The Bertz CT molecular complexity index is 647. The van der Waals surface area contributed by atoms with Crippen LogP contribution in [-0.2, 0) is 15.6 Å². The number of nitrogens with zero attached hydrogens (tertiary/aromatic N) is 2. The molecule has 1 fully saturated rings. The van der Waals surface area contributed by atoms with Crippen LogP contribution in [0.1, 0.15) is 22.3 Å². The summed E-state index contributed by atoms with van der Waals surface area (Å²) < 4.78 is 11.2. The molecular formula is C19H28N2O2S. The molecule has 5 heteroatoms. The summed E-state index contributed by atoms with van der Waals surface area (Å²) in [7, 11) is -0.748. The number of rotatable bonds is 5. The molecule has 1 saturated heterocycles. The molecule has 1 aliphatic heterocycles. The molecule has 2 rings (SSSR count). The van der Waals surface area contributed by atoms with Crippen molar-refractivity contribution < 1.29 is 9.00 Å². The Kier molecular flexibility index (Phi) is 6.75. The summed E-state index contributed by atoms with van der Waals surface area (Å²) in [6.45, 7) is 10.3. The number of hydrogen-bond donors (Lipinski definition) is 0. The van der Waals surface area contributed by atoms with E-state index in [9.17, 15) is 9.00 Å². The molecule has 4 nitrogen and oxygen atoms in total. The van der Waals surface area contributed by atoms with Gasteiger partial charge in [-0.3, -0.25) is 13.9 Å². The van der Waals surface area contributed by atoms with Crippen molar-refractivity contribution in [2.24, 2.45) is 0 Å². The lowest BCUT2D eigenvalue weighted by Gasteiger charge is -2.34. The van der Waals surface area contributed by atoms with Crippen LogP contribution in [0.15, 0.2) is 18.2 Å². The molecule has 0 aliphatic carbocycles. The highest BCUT2D eigenvalue weighted by Crippen LogP contribution is 2.17. The molecule has 1 aliphatic rings. The maximum absolute atomic E-state index is 12.4. The minimum Gasteiger partial charge on any atom is -0.337 e. The third kappa shape index (κ3) is 5.28. The first-order chi connectivity index (χ1) is 11.4. The van der Waals surface area contributed by atoms with Gasteiger partial charge in [0.15, 0.2) is 0 Å². The number of benzene rings is 1. The van der Waals surface area contributed by atoms with Crippen LogP contribution in [0.3, 0.4) is 0 Å². The summed E-state index contributed by atoms with van der Waals surface area (Å²) >= 11 is 0. The van der Waals surface area contributed by atoms with Gasteiger partial charge >= 0.3 is 0 Å². The Morgan fingerprint density at radius 1 is 1.08 bits per heavy atom. The molecule has 0 aromatic heterocycles. The Labute approximate surface area is 148 Å². The van der Waals surface area contributed by atoms with E-state index in [-0.39, 0.29) is 5.91 Å². The fraction of sp³-hybridized carbons (Fsp3) is 0.526. The Morgan fingerprint density at radius 2 is 1.71 bits per heavy atom. The summed E-state index contributed by atoms with van der Waals surface area (Å²) in [6, 6.07) is 4.30.